The number of ether oxygens (including phenoxy) is 1. The Morgan fingerprint density at radius 3 is 2.34 bits per heavy atom. The zero-order chi connectivity index (χ0) is 22.8. The summed E-state index contributed by atoms with van der Waals surface area (Å²) in [6.45, 7) is 6.85. The number of fused-ring (bicyclic) bond motifs is 1. The number of esters is 1. The number of carbonyl (C=O) groups excluding carboxylic acids is 1. The zero-order valence-corrected chi connectivity index (χ0v) is 17.9. The minimum Gasteiger partial charge on any atom is -0.457 e. The number of hydrogen-bond donors (Lipinski definition) is 0. The first-order valence-corrected chi connectivity index (χ1v) is 10.7. The summed E-state index contributed by atoms with van der Waals surface area (Å²) in [4.78, 5) is 16.1. The third-order valence-corrected chi connectivity index (χ3v) is 6.49. The van der Waals surface area contributed by atoms with Crippen LogP contribution in [0.25, 0.3) is 0 Å². The van der Waals surface area contributed by atoms with E-state index < -0.39 is 23.0 Å². The van der Waals surface area contributed by atoms with Crippen molar-refractivity contribution in [2.75, 3.05) is 39.3 Å². The molecule has 32 heavy (non-hydrogen) atoms. The van der Waals surface area contributed by atoms with Gasteiger partial charge in [0.05, 0.1) is 11.1 Å². The molecular weight excluding hydrogens is 419 g/mol. The normalized spacial score (nSPS) is 16.7. The van der Waals surface area contributed by atoms with E-state index in [0.29, 0.717) is 18.7 Å². The molecule has 0 N–H and O–H groups in total. The third kappa shape index (κ3) is 4.36. The van der Waals surface area contributed by atoms with E-state index in [1.807, 2.05) is 19.1 Å². The van der Waals surface area contributed by atoms with Crippen LogP contribution >= 0.6 is 0 Å². The highest BCUT2D eigenvalue weighted by Crippen LogP contribution is 2.26. The van der Waals surface area contributed by atoms with Gasteiger partial charge in [-0.2, -0.15) is 5.26 Å². The molecule has 0 radical (unpaired) electrons. The van der Waals surface area contributed by atoms with Crippen molar-refractivity contribution in [3.8, 4) is 6.07 Å². The van der Waals surface area contributed by atoms with Gasteiger partial charge >= 0.3 is 5.97 Å². The smallest absolute Gasteiger partial charge is 0.338 e. The fourth-order valence-corrected chi connectivity index (χ4v) is 4.40. The van der Waals surface area contributed by atoms with Gasteiger partial charge in [0, 0.05) is 50.4 Å². The van der Waals surface area contributed by atoms with Crippen LogP contribution < -0.4 is 0 Å². The molecule has 0 aromatic heterocycles. The van der Waals surface area contributed by atoms with Crippen LogP contribution in [0.5, 0.6) is 0 Å². The van der Waals surface area contributed by atoms with Crippen LogP contribution in [-0.2, 0) is 24.2 Å². The van der Waals surface area contributed by atoms with Crippen molar-refractivity contribution in [1.82, 2.24) is 9.80 Å². The quantitative estimate of drug-likeness (QED) is 0.506. The number of cyclic esters (lactones) is 1. The molecule has 5 nitrogen and oxygen atoms in total. The molecule has 0 amide bonds. The molecule has 2 aliphatic heterocycles. The zero-order valence-electron chi connectivity index (χ0n) is 17.9. The molecule has 0 spiro atoms. The Bertz CT molecular complexity index is 1090. The Balaban J connectivity index is 1.27. The lowest BCUT2D eigenvalue weighted by Gasteiger charge is -2.34. The highest BCUT2D eigenvalue weighted by atomic mass is 19.2. The first-order chi connectivity index (χ1) is 15.4. The maximum absolute atomic E-state index is 14.1. The van der Waals surface area contributed by atoms with Gasteiger partial charge in [-0.3, -0.25) is 0 Å². The Kier molecular flexibility index (Phi) is 6.49. The van der Waals surface area contributed by atoms with E-state index in [1.165, 1.54) is 11.6 Å². The van der Waals surface area contributed by atoms with Crippen molar-refractivity contribution < 1.29 is 22.7 Å². The number of halogens is 3. The van der Waals surface area contributed by atoms with Gasteiger partial charge in [0.25, 0.3) is 0 Å². The molecule has 0 atom stereocenters. The van der Waals surface area contributed by atoms with Crippen molar-refractivity contribution in [2.24, 2.45) is 0 Å². The van der Waals surface area contributed by atoms with Crippen molar-refractivity contribution >= 4 is 5.97 Å². The molecular formula is C24H24F3N3O2. The molecule has 168 valence electrons. The standard InChI is InChI=1S/C24H24F3N3O2/c1-15-16(2-3-18-20(15)14-32-24(18)31)4-6-29-8-10-30(11-9-29)7-5-19-21(25)12-17(13-28)22(26)23(19)27/h2-3,12H,4-11,14H2,1H3. The summed E-state index contributed by atoms with van der Waals surface area (Å²) in [5.41, 5.74) is 3.04. The predicted octanol–water partition coefficient (Wildman–Crippen LogP) is 3.36. The number of nitriles is 1. The molecule has 0 unspecified atom stereocenters. The molecule has 2 aromatic rings. The predicted molar refractivity (Wildman–Crippen MR) is 112 cm³/mol. The first kappa shape index (κ1) is 22.3. The van der Waals surface area contributed by atoms with E-state index >= 15 is 0 Å². The average molecular weight is 443 g/mol. The average Bonchev–Trinajstić information content (AvgIpc) is 3.18. The van der Waals surface area contributed by atoms with Crippen LogP contribution in [0.2, 0.25) is 0 Å². The number of hydrogen-bond acceptors (Lipinski definition) is 5. The van der Waals surface area contributed by atoms with Crippen molar-refractivity contribution in [3.63, 3.8) is 0 Å². The second kappa shape index (κ2) is 9.31. The van der Waals surface area contributed by atoms with Crippen molar-refractivity contribution in [1.29, 1.82) is 5.26 Å². The highest BCUT2D eigenvalue weighted by molar-refractivity contribution is 5.93. The van der Waals surface area contributed by atoms with E-state index in [2.05, 4.69) is 9.80 Å². The fourth-order valence-electron chi connectivity index (χ4n) is 4.40. The van der Waals surface area contributed by atoms with E-state index in [9.17, 15) is 18.0 Å². The molecule has 2 aliphatic rings. The maximum atomic E-state index is 14.1. The van der Waals surface area contributed by atoms with Gasteiger partial charge in [0.15, 0.2) is 11.6 Å². The largest absolute Gasteiger partial charge is 0.457 e. The van der Waals surface area contributed by atoms with Crippen LogP contribution in [0.1, 0.15) is 38.2 Å². The van der Waals surface area contributed by atoms with Gasteiger partial charge in [-0.1, -0.05) is 6.07 Å². The van der Waals surface area contributed by atoms with Gasteiger partial charge in [-0.25, -0.2) is 18.0 Å². The molecule has 0 aliphatic carbocycles. The SMILES string of the molecule is Cc1c(CCN2CCN(CCc3c(F)cc(C#N)c(F)c3F)CC2)ccc2c1COC2=O. The highest BCUT2D eigenvalue weighted by Gasteiger charge is 2.25. The number of piperazine rings is 1. The number of benzene rings is 2. The lowest BCUT2D eigenvalue weighted by molar-refractivity contribution is 0.0535. The Morgan fingerprint density at radius 1 is 1.03 bits per heavy atom. The van der Waals surface area contributed by atoms with Crippen molar-refractivity contribution in [2.45, 2.75) is 26.4 Å². The van der Waals surface area contributed by atoms with Gasteiger partial charge < -0.3 is 14.5 Å². The molecule has 4 rings (SSSR count). The van der Waals surface area contributed by atoms with Crippen LogP contribution in [-0.4, -0.2) is 55.0 Å². The molecule has 1 saturated heterocycles. The molecule has 1 fully saturated rings. The van der Waals surface area contributed by atoms with Gasteiger partial charge in [0.2, 0.25) is 0 Å². The molecule has 0 saturated carbocycles. The van der Waals surface area contributed by atoms with Crippen LogP contribution in [0.15, 0.2) is 18.2 Å². The third-order valence-electron chi connectivity index (χ3n) is 6.49. The number of carbonyl (C=O) groups is 1. The van der Waals surface area contributed by atoms with Crippen molar-refractivity contribution in [3.05, 3.63) is 69.0 Å². The summed E-state index contributed by atoms with van der Waals surface area (Å²) in [7, 11) is 0. The van der Waals surface area contributed by atoms with Crippen LogP contribution in [0, 0.1) is 35.7 Å². The topological polar surface area (TPSA) is 56.6 Å². The van der Waals surface area contributed by atoms with Gasteiger partial charge in [-0.05, 0) is 43.0 Å². The Morgan fingerprint density at radius 2 is 1.69 bits per heavy atom. The number of rotatable bonds is 6. The fraction of sp³-hybridized carbons (Fsp3) is 0.417. The van der Waals surface area contributed by atoms with Crippen LogP contribution in [0.4, 0.5) is 13.2 Å². The maximum Gasteiger partial charge on any atom is 0.338 e. The Labute approximate surface area is 185 Å². The van der Waals surface area contributed by atoms with E-state index in [-0.39, 0.29) is 18.0 Å². The monoisotopic (exact) mass is 443 g/mol. The molecule has 8 heteroatoms. The summed E-state index contributed by atoms with van der Waals surface area (Å²) in [5, 5.41) is 8.74. The van der Waals surface area contributed by atoms with E-state index in [4.69, 9.17) is 10.00 Å². The van der Waals surface area contributed by atoms with E-state index in [1.54, 1.807) is 0 Å². The minimum absolute atomic E-state index is 0.0510. The lowest BCUT2D eigenvalue weighted by atomic mass is 9.96. The summed E-state index contributed by atoms with van der Waals surface area (Å²) < 4.78 is 47.1. The molecule has 2 aromatic carbocycles. The number of nitrogens with zero attached hydrogens (tertiary/aromatic N) is 3. The van der Waals surface area contributed by atoms with Gasteiger partial charge in [-0.15, -0.1) is 0 Å². The molecule has 2 heterocycles. The Hall–Kier alpha value is -2.89. The van der Waals surface area contributed by atoms with E-state index in [0.717, 1.165) is 56.3 Å². The first-order valence-electron chi connectivity index (χ1n) is 10.7. The van der Waals surface area contributed by atoms with Gasteiger partial charge in [0.1, 0.15) is 18.5 Å². The second-order valence-electron chi connectivity index (χ2n) is 8.26. The van der Waals surface area contributed by atoms with Crippen LogP contribution in [0.3, 0.4) is 0 Å². The summed E-state index contributed by atoms with van der Waals surface area (Å²) in [6, 6.07) is 6.06. The minimum atomic E-state index is -1.29. The summed E-state index contributed by atoms with van der Waals surface area (Å²) in [5.74, 6) is -3.69. The lowest BCUT2D eigenvalue weighted by Crippen LogP contribution is -2.47. The summed E-state index contributed by atoms with van der Waals surface area (Å²) >= 11 is 0. The molecule has 0 bridgehead atoms. The second-order valence-corrected chi connectivity index (χ2v) is 8.26. The summed E-state index contributed by atoms with van der Waals surface area (Å²) in [6.07, 6.45) is 0.920.